The van der Waals surface area contributed by atoms with Crippen LogP contribution in [-0.2, 0) is 9.53 Å². The lowest BCUT2D eigenvalue weighted by molar-refractivity contribution is -0.255. The summed E-state index contributed by atoms with van der Waals surface area (Å²) in [6.45, 7) is 17.4. The normalized spacial score (nSPS) is 53.5. The smallest absolute Gasteiger partial charge is 0.312 e. The zero-order valence-corrected chi connectivity index (χ0v) is 23.4. The van der Waals surface area contributed by atoms with Crippen LogP contribution in [0.3, 0.4) is 0 Å². The van der Waals surface area contributed by atoms with E-state index in [1.807, 2.05) is 0 Å². The SMILES string of the molecule is COC(=O)C12CCC(C)(C)CC1C1CCC3C4(C)CCC(O)C(C)(C)C4CCC3(C)C1(C)CC2. The van der Waals surface area contributed by atoms with Crippen LogP contribution in [0, 0.1) is 56.2 Å². The van der Waals surface area contributed by atoms with E-state index in [0.717, 1.165) is 25.7 Å². The van der Waals surface area contributed by atoms with Crippen molar-refractivity contribution in [3.8, 4) is 0 Å². The van der Waals surface area contributed by atoms with Crippen LogP contribution in [0.25, 0.3) is 0 Å². The number of carbonyl (C=O) groups is 1. The van der Waals surface area contributed by atoms with E-state index in [9.17, 15) is 9.90 Å². The van der Waals surface area contributed by atoms with Gasteiger partial charge in [-0.1, -0.05) is 48.5 Å². The van der Waals surface area contributed by atoms with Gasteiger partial charge in [-0.25, -0.2) is 0 Å². The fraction of sp³-hybridized carbons (Fsp3) is 0.968. The first kappa shape index (κ1) is 25.1. The lowest BCUT2D eigenvalue weighted by Gasteiger charge is -2.73. The van der Waals surface area contributed by atoms with Crippen LogP contribution in [-0.4, -0.2) is 24.3 Å². The molecule has 5 rings (SSSR count). The highest BCUT2D eigenvalue weighted by molar-refractivity contribution is 5.77. The molecule has 0 bridgehead atoms. The van der Waals surface area contributed by atoms with Crippen molar-refractivity contribution >= 4 is 5.97 Å². The number of methoxy groups -OCH3 is 1. The molecule has 5 aliphatic rings. The van der Waals surface area contributed by atoms with E-state index < -0.39 is 0 Å². The van der Waals surface area contributed by atoms with Crippen molar-refractivity contribution in [3.05, 3.63) is 0 Å². The predicted molar refractivity (Wildman–Crippen MR) is 137 cm³/mol. The molecule has 3 heteroatoms. The Hall–Kier alpha value is -0.570. The summed E-state index contributed by atoms with van der Waals surface area (Å²) in [5.74, 6) is 2.47. The van der Waals surface area contributed by atoms with E-state index in [1.165, 1.54) is 44.9 Å². The second kappa shape index (κ2) is 7.48. The Labute approximate surface area is 209 Å². The number of hydrogen-bond donors (Lipinski definition) is 1. The molecule has 5 saturated carbocycles. The first-order chi connectivity index (χ1) is 15.7. The summed E-state index contributed by atoms with van der Waals surface area (Å²) in [5.41, 5.74) is 0.961. The van der Waals surface area contributed by atoms with Gasteiger partial charge < -0.3 is 9.84 Å². The van der Waals surface area contributed by atoms with Crippen molar-refractivity contribution in [1.82, 2.24) is 0 Å². The van der Waals surface area contributed by atoms with Gasteiger partial charge in [0.15, 0.2) is 0 Å². The van der Waals surface area contributed by atoms with Crippen LogP contribution in [0.4, 0.5) is 0 Å². The maximum Gasteiger partial charge on any atom is 0.312 e. The molecule has 0 aromatic rings. The highest BCUT2D eigenvalue weighted by Crippen LogP contribution is 2.77. The van der Waals surface area contributed by atoms with Gasteiger partial charge in [-0.3, -0.25) is 4.79 Å². The van der Waals surface area contributed by atoms with Crippen molar-refractivity contribution in [2.75, 3.05) is 7.11 Å². The summed E-state index contributed by atoms with van der Waals surface area (Å²) < 4.78 is 5.52. The Kier molecular flexibility index (Phi) is 5.52. The number of fused-ring (bicyclic) bond motifs is 7. The van der Waals surface area contributed by atoms with E-state index >= 15 is 0 Å². The zero-order chi connectivity index (χ0) is 24.9. The molecular weight excluding hydrogens is 420 g/mol. The second-order valence-corrected chi connectivity index (χ2v) is 15.7. The number of rotatable bonds is 1. The average Bonchev–Trinajstić information content (AvgIpc) is 2.76. The van der Waals surface area contributed by atoms with E-state index in [0.29, 0.717) is 39.9 Å². The minimum Gasteiger partial charge on any atom is -0.469 e. The van der Waals surface area contributed by atoms with Gasteiger partial charge in [-0.15, -0.1) is 0 Å². The summed E-state index contributed by atoms with van der Waals surface area (Å²) in [6, 6.07) is 0. The molecule has 9 atom stereocenters. The first-order valence-electron chi connectivity index (χ1n) is 14.4. The Morgan fingerprint density at radius 3 is 2.09 bits per heavy atom. The Bertz CT molecular complexity index is 846. The topological polar surface area (TPSA) is 46.5 Å². The quantitative estimate of drug-likeness (QED) is 0.404. The van der Waals surface area contributed by atoms with Crippen LogP contribution in [0.1, 0.15) is 119 Å². The number of aliphatic hydroxyl groups excluding tert-OH is 1. The summed E-state index contributed by atoms with van der Waals surface area (Å²) in [6.07, 6.45) is 12.5. The van der Waals surface area contributed by atoms with Crippen LogP contribution >= 0.6 is 0 Å². The Balaban J connectivity index is 1.54. The van der Waals surface area contributed by atoms with Crippen molar-refractivity contribution in [3.63, 3.8) is 0 Å². The van der Waals surface area contributed by atoms with Crippen molar-refractivity contribution in [1.29, 1.82) is 0 Å². The Morgan fingerprint density at radius 2 is 1.41 bits per heavy atom. The van der Waals surface area contributed by atoms with Gasteiger partial charge in [-0.2, -0.15) is 0 Å². The molecule has 5 fully saturated rings. The minimum absolute atomic E-state index is 0.00603. The fourth-order valence-corrected chi connectivity index (χ4v) is 11.6. The number of esters is 1. The van der Waals surface area contributed by atoms with Crippen molar-refractivity contribution in [2.24, 2.45) is 56.2 Å². The van der Waals surface area contributed by atoms with Gasteiger partial charge in [0.2, 0.25) is 0 Å². The standard InChI is InChI=1S/C31H52O3/c1-26(2)15-17-31(25(33)34-8)18-16-29(6)20(21(31)19-26)9-10-23-28(5)13-12-24(32)27(3,4)22(28)11-14-30(23,29)7/h20-24,32H,9-19H2,1-8H3. The lowest BCUT2D eigenvalue weighted by atomic mass is 9.31. The van der Waals surface area contributed by atoms with E-state index in [-0.39, 0.29) is 28.3 Å². The van der Waals surface area contributed by atoms with Crippen molar-refractivity contribution in [2.45, 2.75) is 125 Å². The third-order valence-corrected chi connectivity index (χ3v) is 13.8. The fourth-order valence-electron chi connectivity index (χ4n) is 11.6. The molecule has 0 radical (unpaired) electrons. The second-order valence-electron chi connectivity index (χ2n) is 15.7. The summed E-state index contributed by atoms with van der Waals surface area (Å²) >= 11 is 0. The van der Waals surface area contributed by atoms with E-state index in [4.69, 9.17) is 4.74 Å². The maximum absolute atomic E-state index is 13.4. The Morgan fingerprint density at radius 1 is 0.735 bits per heavy atom. The van der Waals surface area contributed by atoms with Crippen LogP contribution in [0.15, 0.2) is 0 Å². The highest BCUT2D eigenvalue weighted by atomic mass is 16.5. The van der Waals surface area contributed by atoms with Gasteiger partial charge in [0, 0.05) is 0 Å². The minimum atomic E-state index is -0.254. The number of hydrogen-bond acceptors (Lipinski definition) is 3. The molecule has 1 N–H and O–H groups in total. The van der Waals surface area contributed by atoms with Gasteiger partial charge >= 0.3 is 5.97 Å². The molecule has 0 aromatic carbocycles. The molecule has 0 spiro atoms. The predicted octanol–water partition coefficient (Wildman–Crippen LogP) is 7.40. The maximum atomic E-state index is 13.4. The van der Waals surface area contributed by atoms with Crippen molar-refractivity contribution < 1.29 is 14.6 Å². The summed E-state index contributed by atoms with van der Waals surface area (Å²) in [4.78, 5) is 13.4. The highest BCUT2D eigenvalue weighted by Gasteiger charge is 2.71. The molecule has 0 aliphatic heterocycles. The van der Waals surface area contributed by atoms with Gasteiger partial charge in [-0.05, 0) is 121 Å². The van der Waals surface area contributed by atoms with E-state index in [1.54, 1.807) is 7.11 Å². The van der Waals surface area contributed by atoms with E-state index in [2.05, 4.69) is 48.5 Å². The summed E-state index contributed by atoms with van der Waals surface area (Å²) in [7, 11) is 1.61. The molecule has 0 amide bonds. The van der Waals surface area contributed by atoms with Gasteiger partial charge in [0.25, 0.3) is 0 Å². The average molecular weight is 473 g/mol. The monoisotopic (exact) mass is 472 g/mol. The third-order valence-electron chi connectivity index (χ3n) is 13.8. The molecule has 0 aromatic heterocycles. The zero-order valence-electron chi connectivity index (χ0n) is 23.4. The van der Waals surface area contributed by atoms with Crippen LogP contribution in [0.2, 0.25) is 0 Å². The molecule has 9 unspecified atom stereocenters. The largest absolute Gasteiger partial charge is 0.469 e. The first-order valence-corrected chi connectivity index (χ1v) is 14.4. The lowest BCUT2D eigenvalue weighted by Crippen LogP contribution is -2.67. The van der Waals surface area contributed by atoms with Gasteiger partial charge in [0.1, 0.15) is 0 Å². The molecule has 3 nitrogen and oxygen atoms in total. The van der Waals surface area contributed by atoms with Crippen LogP contribution < -0.4 is 0 Å². The molecule has 194 valence electrons. The summed E-state index contributed by atoms with van der Waals surface area (Å²) in [5, 5.41) is 10.9. The molecule has 5 aliphatic carbocycles. The molecule has 34 heavy (non-hydrogen) atoms. The molecule has 0 heterocycles. The molecular formula is C31H52O3. The number of aliphatic hydroxyl groups is 1. The third kappa shape index (κ3) is 3.00. The number of carbonyl (C=O) groups excluding carboxylic acids is 1. The molecule has 0 saturated heterocycles. The van der Waals surface area contributed by atoms with Crippen LogP contribution in [0.5, 0.6) is 0 Å². The van der Waals surface area contributed by atoms with Gasteiger partial charge in [0.05, 0.1) is 18.6 Å². The number of ether oxygens (including phenoxy) is 1.